The highest BCUT2D eigenvalue weighted by Crippen LogP contribution is 2.42. The van der Waals surface area contributed by atoms with Crippen molar-refractivity contribution in [3.8, 4) is 0 Å². The molecule has 2 aromatic rings. The SMILES string of the molecule is CCCCN1C(=S)N[C@@H](c2ccccn2)[C@@H]1c1ccc(Cl)s1. The summed E-state index contributed by atoms with van der Waals surface area (Å²) in [4.78, 5) is 8.02. The molecule has 0 amide bonds. The summed E-state index contributed by atoms with van der Waals surface area (Å²) >= 11 is 13.3. The van der Waals surface area contributed by atoms with E-state index in [2.05, 4.69) is 28.2 Å². The summed E-state index contributed by atoms with van der Waals surface area (Å²) in [6.07, 6.45) is 4.09. The molecule has 0 saturated carbocycles. The lowest BCUT2D eigenvalue weighted by Gasteiger charge is -2.26. The summed E-state index contributed by atoms with van der Waals surface area (Å²) < 4.78 is 0.808. The van der Waals surface area contributed by atoms with E-state index in [1.807, 2.05) is 30.5 Å². The lowest BCUT2D eigenvalue weighted by molar-refractivity contribution is 0.317. The maximum Gasteiger partial charge on any atom is 0.170 e. The van der Waals surface area contributed by atoms with Gasteiger partial charge in [0.15, 0.2) is 5.11 Å². The van der Waals surface area contributed by atoms with Crippen LogP contribution in [0.2, 0.25) is 4.34 Å². The van der Waals surface area contributed by atoms with Gasteiger partial charge in [0.05, 0.1) is 22.1 Å². The molecular weight excluding hydrogens is 334 g/mol. The van der Waals surface area contributed by atoms with E-state index < -0.39 is 0 Å². The fourth-order valence-electron chi connectivity index (χ4n) is 2.77. The molecule has 0 unspecified atom stereocenters. The minimum Gasteiger partial charge on any atom is -0.352 e. The first-order chi connectivity index (χ1) is 10.7. The molecule has 2 atom stereocenters. The second-order valence-electron chi connectivity index (χ2n) is 5.32. The van der Waals surface area contributed by atoms with Crippen LogP contribution in [0.15, 0.2) is 36.5 Å². The van der Waals surface area contributed by atoms with Crippen LogP contribution in [0.4, 0.5) is 0 Å². The van der Waals surface area contributed by atoms with E-state index in [0.29, 0.717) is 0 Å². The number of unbranched alkanes of at least 4 members (excludes halogenated alkanes) is 1. The smallest absolute Gasteiger partial charge is 0.170 e. The number of nitrogens with one attached hydrogen (secondary N) is 1. The summed E-state index contributed by atoms with van der Waals surface area (Å²) in [5, 5.41) is 4.25. The molecule has 3 rings (SSSR count). The minimum absolute atomic E-state index is 0.0697. The van der Waals surface area contributed by atoms with Crippen LogP contribution in [0.5, 0.6) is 0 Å². The molecular formula is C16H18ClN3S2. The predicted octanol–water partition coefficient (Wildman–Crippen LogP) is 4.57. The van der Waals surface area contributed by atoms with Crippen molar-refractivity contribution in [2.45, 2.75) is 31.8 Å². The molecule has 1 saturated heterocycles. The highest BCUT2D eigenvalue weighted by atomic mass is 35.5. The Bertz CT molecular complexity index is 644. The van der Waals surface area contributed by atoms with E-state index >= 15 is 0 Å². The average Bonchev–Trinajstić information content (AvgIpc) is 3.09. The van der Waals surface area contributed by atoms with Crippen molar-refractivity contribution >= 4 is 40.3 Å². The summed E-state index contributed by atoms with van der Waals surface area (Å²) in [7, 11) is 0. The lowest BCUT2D eigenvalue weighted by Crippen LogP contribution is -2.30. The van der Waals surface area contributed by atoms with Crippen molar-refractivity contribution < 1.29 is 0 Å². The summed E-state index contributed by atoms with van der Waals surface area (Å²) in [6, 6.07) is 10.3. The van der Waals surface area contributed by atoms with Crippen LogP contribution in [-0.2, 0) is 0 Å². The molecule has 3 nitrogen and oxygen atoms in total. The van der Waals surface area contributed by atoms with Crippen LogP contribution in [0.25, 0.3) is 0 Å². The van der Waals surface area contributed by atoms with Crippen LogP contribution in [0.1, 0.15) is 42.4 Å². The molecule has 3 heterocycles. The van der Waals surface area contributed by atoms with E-state index in [9.17, 15) is 0 Å². The standard InChI is InChI=1S/C16H18ClN3S2/c1-2-3-10-20-15(12-7-8-13(17)22-12)14(19-16(20)21)11-6-4-5-9-18-11/h4-9,14-15H,2-3,10H2,1H3,(H,19,21)/t14-,15-/m0/s1. The molecule has 0 aromatic carbocycles. The zero-order valence-corrected chi connectivity index (χ0v) is 14.7. The first-order valence-electron chi connectivity index (χ1n) is 7.44. The van der Waals surface area contributed by atoms with E-state index in [-0.39, 0.29) is 12.1 Å². The highest BCUT2D eigenvalue weighted by molar-refractivity contribution is 7.80. The van der Waals surface area contributed by atoms with E-state index in [4.69, 9.17) is 23.8 Å². The highest BCUT2D eigenvalue weighted by Gasteiger charge is 2.40. The molecule has 116 valence electrons. The number of rotatable bonds is 5. The summed E-state index contributed by atoms with van der Waals surface area (Å²) in [6.45, 7) is 3.14. The normalized spacial score (nSPS) is 21.2. The molecule has 1 aliphatic rings. The van der Waals surface area contributed by atoms with Gasteiger partial charge in [0.2, 0.25) is 0 Å². The number of thiophene rings is 1. The predicted molar refractivity (Wildman–Crippen MR) is 96.4 cm³/mol. The van der Waals surface area contributed by atoms with Gasteiger partial charge in [-0.3, -0.25) is 4.98 Å². The maximum atomic E-state index is 6.15. The fourth-order valence-corrected chi connectivity index (χ4v) is 4.31. The minimum atomic E-state index is 0.0697. The largest absolute Gasteiger partial charge is 0.352 e. The van der Waals surface area contributed by atoms with Crippen LogP contribution < -0.4 is 5.32 Å². The second-order valence-corrected chi connectivity index (χ2v) is 7.45. The Hall–Kier alpha value is -1.17. The third-order valence-electron chi connectivity index (χ3n) is 3.84. The Morgan fingerprint density at radius 3 is 2.86 bits per heavy atom. The van der Waals surface area contributed by atoms with Gasteiger partial charge in [-0.2, -0.15) is 0 Å². The van der Waals surface area contributed by atoms with Gasteiger partial charge in [-0.15, -0.1) is 11.3 Å². The molecule has 1 aliphatic heterocycles. The lowest BCUT2D eigenvalue weighted by atomic mass is 10.0. The average molecular weight is 352 g/mol. The van der Waals surface area contributed by atoms with Crippen LogP contribution >= 0.6 is 35.2 Å². The molecule has 0 spiro atoms. The van der Waals surface area contributed by atoms with E-state index in [1.54, 1.807) is 11.3 Å². The van der Waals surface area contributed by atoms with Gasteiger partial charge in [0.25, 0.3) is 0 Å². The van der Waals surface area contributed by atoms with Gasteiger partial charge >= 0.3 is 0 Å². The van der Waals surface area contributed by atoms with E-state index in [0.717, 1.165) is 34.5 Å². The van der Waals surface area contributed by atoms with Crippen molar-refractivity contribution in [1.29, 1.82) is 0 Å². The van der Waals surface area contributed by atoms with Crippen LogP contribution in [0.3, 0.4) is 0 Å². The first-order valence-corrected chi connectivity index (χ1v) is 9.04. The third kappa shape index (κ3) is 3.12. The number of pyridine rings is 1. The Labute approximate surface area is 145 Å². The molecule has 1 fully saturated rings. The maximum absolute atomic E-state index is 6.15. The molecule has 0 bridgehead atoms. The van der Waals surface area contributed by atoms with Crippen molar-refractivity contribution in [2.75, 3.05) is 6.54 Å². The Balaban J connectivity index is 1.96. The van der Waals surface area contributed by atoms with Gasteiger partial charge in [-0.05, 0) is 42.9 Å². The van der Waals surface area contributed by atoms with Gasteiger partial charge in [-0.1, -0.05) is 31.0 Å². The Kier molecular flexibility index (Phi) is 4.96. The Morgan fingerprint density at radius 2 is 2.23 bits per heavy atom. The van der Waals surface area contributed by atoms with Crippen molar-refractivity contribution in [3.63, 3.8) is 0 Å². The van der Waals surface area contributed by atoms with Crippen LogP contribution in [0, 0.1) is 0 Å². The van der Waals surface area contributed by atoms with Crippen molar-refractivity contribution in [3.05, 3.63) is 51.4 Å². The first kappa shape index (κ1) is 15.7. The number of halogens is 1. The van der Waals surface area contributed by atoms with Gasteiger partial charge in [0.1, 0.15) is 0 Å². The fraction of sp³-hybridized carbons (Fsp3) is 0.375. The van der Waals surface area contributed by atoms with Gasteiger partial charge in [-0.25, -0.2) is 0 Å². The second kappa shape index (κ2) is 6.94. The zero-order valence-electron chi connectivity index (χ0n) is 12.3. The van der Waals surface area contributed by atoms with Crippen LogP contribution in [-0.4, -0.2) is 21.5 Å². The van der Waals surface area contributed by atoms with E-state index in [1.165, 1.54) is 4.88 Å². The molecule has 0 aliphatic carbocycles. The molecule has 22 heavy (non-hydrogen) atoms. The zero-order chi connectivity index (χ0) is 15.5. The summed E-state index contributed by atoms with van der Waals surface area (Å²) in [5.41, 5.74) is 1.01. The van der Waals surface area contributed by atoms with Crippen molar-refractivity contribution in [1.82, 2.24) is 15.2 Å². The molecule has 2 aromatic heterocycles. The number of hydrogen-bond donors (Lipinski definition) is 1. The Morgan fingerprint density at radius 1 is 1.36 bits per heavy atom. The molecule has 0 radical (unpaired) electrons. The quantitative estimate of drug-likeness (QED) is 0.799. The molecule has 1 N–H and O–H groups in total. The number of nitrogens with zero attached hydrogens (tertiary/aromatic N) is 2. The number of aromatic nitrogens is 1. The topological polar surface area (TPSA) is 28.2 Å². The van der Waals surface area contributed by atoms with Crippen molar-refractivity contribution in [2.24, 2.45) is 0 Å². The number of hydrogen-bond acceptors (Lipinski definition) is 3. The monoisotopic (exact) mass is 351 g/mol. The number of thiocarbonyl (C=S) groups is 1. The van der Waals surface area contributed by atoms with Gasteiger partial charge < -0.3 is 10.2 Å². The summed E-state index contributed by atoms with van der Waals surface area (Å²) in [5.74, 6) is 0. The van der Waals surface area contributed by atoms with Gasteiger partial charge in [0, 0.05) is 17.6 Å². The third-order valence-corrected chi connectivity index (χ3v) is 5.49. The molecule has 6 heteroatoms.